The van der Waals surface area contributed by atoms with Crippen LogP contribution in [0, 0.1) is 5.41 Å². The molecule has 23 heavy (non-hydrogen) atoms. The highest BCUT2D eigenvalue weighted by Gasteiger charge is 2.36. The highest BCUT2D eigenvalue weighted by Crippen LogP contribution is 2.37. The van der Waals surface area contributed by atoms with Gasteiger partial charge >= 0.3 is 0 Å². The predicted octanol–water partition coefficient (Wildman–Crippen LogP) is 4.32. The molecule has 134 valence electrons. The third-order valence-corrected chi connectivity index (χ3v) is 10.7. The number of allylic oxidation sites excluding steroid dienone is 3. The molecule has 1 unspecified atom stereocenters. The normalized spacial score (nSPS) is 23.0. The van der Waals surface area contributed by atoms with Crippen molar-refractivity contribution < 1.29 is 12.8 Å². The standard InChI is InChI=1S/C17H33NO3SSi/c1-16(2,3)23(5,6)21-14-8-7-11-17(4)12-9-15(10-13-17)22(18,19)20/h9-10,12H,7-8,11,13-14H2,1-6H3,(H2,18,19,20). The number of nitrogens with two attached hydrogens (primary N) is 1. The minimum atomic E-state index is -3.58. The topological polar surface area (TPSA) is 69.4 Å². The van der Waals surface area contributed by atoms with Crippen LogP contribution in [-0.4, -0.2) is 23.3 Å². The molecule has 0 fully saturated rings. The third kappa shape index (κ3) is 6.18. The second-order valence-corrected chi connectivity index (χ2v) is 14.8. The van der Waals surface area contributed by atoms with E-state index in [2.05, 4.69) is 40.8 Å². The van der Waals surface area contributed by atoms with Gasteiger partial charge in [-0.3, -0.25) is 0 Å². The summed E-state index contributed by atoms with van der Waals surface area (Å²) in [6, 6.07) is 0. The maximum atomic E-state index is 11.3. The molecule has 0 heterocycles. The van der Waals surface area contributed by atoms with Crippen LogP contribution in [0.25, 0.3) is 0 Å². The summed E-state index contributed by atoms with van der Waals surface area (Å²) in [6.45, 7) is 14.3. The Kier molecular flexibility index (Phi) is 6.46. The molecule has 4 nitrogen and oxygen atoms in total. The molecule has 0 aromatic carbocycles. The quantitative estimate of drug-likeness (QED) is 0.544. The van der Waals surface area contributed by atoms with Crippen molar-refractivity contribution in [1.82, 2.24) is 0 Å². The summed E-state index contributed by atoms with van der Waals surface area (Å²) >= 11 is 0. The van der Waals surface area contributed by atoms with Crippen LogP contribution in [0.3, 0.4) is 0 Å². The summed E-state index contributed by atoms with van der Waals surface area (Å²) in [7, 11) is -5.22. The Bertz CT molecular complexity index is 573. The van der Waals surface area contributed by atoms with Crippen molar-refractivity contribution in [1.29, 1.82) is 0 Å². The highest BCUT2D eigenvalue weighted by atomic mass is 32.2. The van der Waals surface area contributed by atoms with E-state index in [1.54, 1.807) is 12.2 Å². The Hall–Kier alpha value is -0.433. The number of unbranched alkanes of at least 4 members (excludes halogenated alkanes) is 1. The maximum absolute atomic E-state index is 11.3. The van der Waals surface area contributed by atoms with Crippen LogP contribution in [-0.2, 0) is 14.4 Å². The molecular formula is C17H33NO3SSi. The van der Waals surface area contributed by atoms with Crippen molar-refractivity contribution in [3.05, 3.63) is 23.1 Å². The Morgan fingerprint density at radius 1 is 1.30 bits per heavy atom. The van der Waals surface area contributed by atoms with Gasteiger partial charge < -0.3 is 4.43 Å². The summed E-state index contributed by atoms with van der Waals surface area (Å²) in [6.07, 6.45) is 9.24. The van der Waals surface area contributed by atoms with Gasteiger partial charge in [0, 0.05) is 6.61 Å². The summed E-state index contributed by atoms with van der Waals surface area (Å²) in [5.41, 5.74) is 0.0190. The lowest BCUT2D eigenvalue weighted by atomic mass is 9.79. The van der Waals surface area contributed by atoms with E-state index in [0.29, 0.717) is 0 Å². The fraction of sp³-hybridized carbons (Fsp3) is 0.765. The van der Waals surface area contributed by atoms with Crippen LogP contribution in [0.1, 0.15) is 53.4 Å². The van der Waals surface area contributed by atoms with E-state index >= 15 is 0 Å². The molecule has 0 radical (unpaired) electrons. The first-order valence-electron chi connectivity index (χ1n) is 8.33. The number of rotatable bonds is 7. The first-order chi connectivity index (χ1) is 10.3. The molecule has 0 aromatic heterocycles. The van der Waals surface area contributed by atoms with Crippen LogP contribution in [0.4, 0.5) is 0 Å². The van der Waals surface area contributed by atoms with Gasteiger partial charge in [0.1, 0.15) is 0 Å². The lowest BCUT2D eigenvalue weighted by Gasteiger charge is -2.36. The Morgan fingerprint density at radius 3 is 2.35 bits per heavy atom. The van der Waals surface area contributed by atoms with Crippen molar-refractivity contribution >= 4 is 18.3 Å². The zero-order valence-electron chi connectivity index (χ0n) is 15.5. The highest BCUT2D eigenvalue weighted by molar-refractivity contribution is 7.93. The van der Waals surface area contributed by atoms with Gasteiger partial charge in [0.05, 0.1) is 4.91 Å². The van der Waals surface area contributed by atoms with Gasteiger partial charge in [0.15, 0.2) is 8.32 Å². The molecule has 0 aromatic rings. The summed E-state index contributed by atoms with van der Waals surface area (Å²) in [4.78, 5) is 0.233. The van der Waals surface area contributed by atoms with Gasteiger partial charge in [-0.25, -0.2) is 13.6 Å². The average Bonchev–Trinajstić information content (AvgIpc) is 2.36. The molecule has 1 aliphatic carbocycles. The smallest absolute Gasteiger partial charge is 0.237 e. The summed E-state index contributed by atoms with van der Waals surface area (Å²) < 4.78 is 28.8. The van der Waals surface area contributed by atoms with Gasteiger partial charge in [0.25, 0.3) is 0 Å². The zero-order valence-corrected chi connectivity index (χ0v) is 17.3. The molecular weight excluding hydrogens is 326 g/mol. The number of hydrogen-bond donors (Lipinski definition) is 1. The molecule has 6 heteroatoms. The van der Waals surface area contributed by atoms with E-state index in [1.807, 2.05) is 6.08 Å². The van der Waals surface area contributed by atoms with E-state index in [0.717, 1.165) is 32.3 Å². The molecule has 1 rings (SSSR count). The number of hydrogen-bond acceptors (Lipinski definition) is 3. The second kappa shape index (κ2) is 7.21. The average molecular weight is 360 g/mol. The van der Waals surface area contributed by atoms with Gasteiger partial charge in [-0.05, 0) is 48.9 Å². The molecule has 0 aliphatic heterocycles. The second-order valence-electron chi connectivity index (χ2n) is 8.41. The predicted molar refractivity (Wildman–Crippen MR) is 100 cm³/mol. The monoisotopic (exact) mass is 359 g/mol. The number of primary sulfonamides is 1. The van der Waals surface area contributed by atoms with Crippen molar-refractivity contribution in [2.24, 2.45) is 10.6 Å². The van der Waals surface area contributed by atoms with Crippen LogP contribution < -0.4 is 5.14 Å². The molecule has 1 aliphatic rings. The van der Waals surface area contributed by atoms with Crippen molar-refractivity contribution in [2.45, 2.75) is 71.5 Å². The lowest BCUT2D eigenvalue weighted by molar-refractivity contribution is 0.266. The van der Waals surface area contributed by atoms with E-state index in [1.165, 1.54) is 0 Å². The molecule has 0 saturated carbocycles. The summed E-state index contributed by atoms with van der Waals surface area (Å²) in [5.74, 6) is 0. The van der Waals surface area contributed by atoms with Gasteiger partial charge in [-0.2, -0.15) is 0 Å². The Labute approximate surface area is 143 Å². The molecule has 2 N–H and O–H groups in total. The Balaban J connectivity index is 2.38. The fourth-order valence-electron chi connectivity index (χ4n) is 2.32. The van der Waals surface area contributed by atoms with Crippen LogP contribution in [0.15, 0.2) is 23.1 Å². The fourth-order valence-corrected chi connectivity index (χ4v) is 3.99. The molecule has 0 bridgehead atoms. The SMILES string of the molecule is CC1(CCCCO[Si](C)(C)C(C)(C)C)C=CC(S(N)(=O)=O)=CC1. The van der Waals surface area contributed by atoms with Crippen molar-refractivity contribution in [3.63, 3.8) is 0 Å². The van der Waals surface area contributed by atoms with Gasteiger partial charge in [-0.1, -0.05) is 46.3 Å². The van der Waals surface area contributed by atoms with E-state index in [4.69, 9.17) is 9.56 Å². The largest absolute Gasteiger partial charge is 0.417 e. The minimum Gasteiger partial charge on any atom is -0.417 e. The molecule has 0 amide bonds. The van der Waals surface area contributed by atoms with E-state index < -0.39 is 18.3 Å². The van der Waals surface area contributed by atoms with Crippen LogP contribution >= 0.6 is 0 Å². The van der Waals surface area contributed by atoms with Crippen molar-refractivity contribution in [3.8, 4) is 0 Å². The minimum absolute atomic E-state index is 0.0190. The van der Waals surface area contributed by atoms with E-state index in [9.17, 15) is 8.42 Å². The first kappa shape index (κ1) is 20.6. The summed E-state index contributed by atoms with van der Waals surface area (Å²) in [5, 5.41) is 5.40. The molecule has 1 atom stereocenters. The van der Waals surface area contributed by atoms with Crippen molar-refractivity contribution in [2.75, 3.05) is 6.61 Å². The first-order valence-corrected chi connectivity index (χ1v) is 12.8. The lowest BCUT2D eigenvalue weighted by Crippen LogP contribution is -2.40. The number of sulfonamides is 1. The molecule has 0 saturated heterocycles. The van der Waals surface area contributed by atoms with Gasteiger partial charge in [0.2, 0.25) is 10.0 Å². The van der Waals surface area contributed by atoms with E-state index in [-0.39, 0.29) is 15.4 Å². The molecule has 0 spiro atoms. The van der Waals surface area contributed by atoms with Crippen LogP contribution in [0.2, 0.25) is 18.1 Å². The zero-order chi connectivity index (χ0) is 17.9. The third-order valence-electron chi connectivity index (χ3n) is 5.16. The maximum Gasteiger partial charge on any atom is 0.237 e. The Morgan fingerprint density at radius 2 is 1.91 bits per heavy atom. The van der Waals surface area contributed by atoms with Crippen LogP contribution in [0.5, 0.6) is 0 Å². The van der Waals surface area contributed by atoms with Gasteiger partial charge in [-0.15, -0.1) is 0 Å².